The molecule has 2 N–H and O–H groups in total. The van der Waals surface area contributed by atoms with Gasteiger partial charge in [0.2, 0.25) is 0 Å². The molecule has 18 heavy (non-hydrogen) atoms. The predicted octanol–water partition coefficient (Wildman–Crippen LogP) is 2.42. The number of carbonyl (C=O) groups is 1. The molecule has 0 bridgehead atoms. The Morgan fingerprint density at radius 2 is 2.33 bits per heavy atom. The molecule has 0 fully saturated rings. The molecule has 0 amide bonds. The van der Waals surface area contributed by atoms with Crippen LogP contribution >= 0.6 is 11.6 Å². The SMILES string of the molecule is CCC(=O)Oc1cnn(-c2cccc(Cl)c2)c1N. The van der Waals surface area contributed by atoms with Crippen LogP contribution in [0, 0.1) is 0 Å². The van der Waals surface area contributed by atoms with Crippen LogP contribution in [0.1, 0.15) is 13.3 Å². The maximum atomic E-state index is 11.2. The lowest BCUT2D eigenvalue weighted by atomic mass is 10.3. The summed E-state index contributed by atoms with van der Waals surface area (Å²) < 4.78 is 6.51. The van der Waals surface area contributed by atoms with Crippen molar-refractivity contribution in [1.29, 1.82) is 0 Å². The lowest BCUT2D eigenvalue weighted by Gasteiger charge is -2.05. The second-order valence-electron chi connectivity index (χ2n) is 3.61. The van der Waals surface area contributed by atoms with Gasteiger partial charge in [-0.15, -0.1) is 0 Å². The second kappa shape index (κ2) is 5.10. The number of halogens is 1. The highest BCUT2D eigenvalue weighted by molar-refractivity contribution is 6.30. The van der Waals surface area contributed by atoms with Gasteiger partial charge in [-0.3, -0.25) is 4.79 Å². The molecule has 5 nitrogen and oxygen atoms in total. The number of hydrogen-bond acceptors (Lipinski definition) is 4. The smallest absolute Gasteiger partial charge is 0.311 e. The van der Waals surface area contributed by atoms with Crippen LogP contribution in [0.15, 0.2) is 30.5 Å². The lowest BCUT2D eigenvalue weighted by molar-refractivity contribution is -0.133. The Labute approximate surface area is 109 Å². The molecule has 0 saturated heterocycles. The molecule has 0 unspecified atom stereocenters. The molecule has 0 aliphatic rings. The normalized spacial score (nSPS) is 10.3. The minimum atomic E-state index is -0.354. The molecule has 1 aromatic carbocycles. The first kappa shape index (κ1) is 12.4. The van der Waals surface area contributed by atoms with Crippen LogP contribution in [-0.4, -0.2) is 15.7 Å². The molecule has 0 aliphatic carbocycles. The Kier molecular flexibility index (Phi) is 3.53. The van der Waals surface area contributed by atoms with Crippen LogP contribution in [0.2, 0.25) is 5.02 Å². The monoisotopic (exact) mass is 265 g/mol. The van der Waals surface area contributed by atoms with Crippen LogP contribution < -0.4 is 10.5 Å². The highest BCUT2D eigenvalue weighted by Crippen LogP contribution is 2.25. The number of esters is 1. The Morgan fingerprint density at radius 1 is 1.56 bits per heavy atom. The van der Waals surface area contributed by atoms with Gasteiger partial charge in [-0.05, 0) is 18.2 Å². The van der Waals surface area contributed by atoms with E-state index < -0.39 is 0 Å². The molecule has 0 spiro atoms. The predicted molar refractivity (Wildman–Crippen MR) is 68.9 cm³/mol. The van der Waals surface area contributed by atoms with Gasteiger partial charge in [0.05, 0.1) is 11.9 Å². The van der Waals surface area contributed by atoms with Crippen LogP contribution in [-0.2, 0) is 4.79 Å². The summed E-state index contributed by atoms with van der Waals surface area (Å²) in [5.74, 6) is 0.160. The number of nitrogens with zero attached hydrogens (tertiary/aromatic N) is 2. The van der Waals surface area contributed by atoms with Crippen molar-refractivity contribution < 1.29 is 9.53 Å². The van der Waals surface area contributed by atoms with Gasteiger partial charge in [0.25, 0.3) is 0 Å². The first-order valence-electron chi connectivity index (χ1n) is 5.42. The van der Waals surface area contributed by atoms with Gasteiger partial charge in [0.1, 0.15) is 0 Å². The first-order chi connectivity index (χ1) is 8.61. The number of nitrogen functional groups attached to an aromatic ring is 1. The zero-order valence-corrected chi connectivity index (χ0v) is 10.5. The summed E-state index contributed by atoms with van der Waals surface area (Å²) in [4.78, 5) is 11.2. The average molecular weight is 266 g/mol. The second-order valence-corrected chi connectivity index (χ2v) is 4.05. The molecule has 1 aromatic heterocycles. The van der Waals surface area contributed by atoms with Crippen molar-refractivity contribution in [2.45, 2.75) is 13.3 Å². The van der Waals surface area contributed by atoms with Crippen molar-refractivity contribution in [3.05, 3.63) is 35.5 Å². The van der Waals surface area contributed by atoms with Crippen molar-refractivity contribution in [3.8, 4) is 11.4 Å². The number of benzene rings is 1. The van der Waals surface area contributed by atoms with Gasteiger partial charge in [-0.2, -0.15) is 5.10 Å². The lowest BCUT2D eigenvalue weighted by Crippen LogP contribution is -2.08. The van der Waals surface area contributed by atoms with E-state index in [4.69, 9.17) is 22.1 Å². The highest BCUT2D eigenvalue weighted by Gasteiger charge is 2.13. The number of carbonyl (C=O) groups excluding carboxylic acids is 1. The van der Waals surface area contributed by atoms with Crippen molar-refractivity contribution in [3.63, 3.8) is 0 Å². The fourth-order valence-electron chi connectivity index (χ4n) is 1.43. The summed E-state index contributed by atoms with van der Waals surface area (Å²) in [6.45, 7) is 1.71. The fourth-order valence-corrected chi connectivity index (χ4v) is 1.61. The van der Waals surface area contributed by atoms with E-state index in [0.29, 0.717) is 10.7 Å². The molecule has 0 saturated carbocycles. The Hall–Kier alpha value is -2.01. The largest absolute Gasteiger partial charge is 0.421 e. The standard InChI is InChI=1S/C12H12ClN3O2/c1-2-11(17)18-10-7-15-16(12(10)14)9-5-3-4-8(13)6-9/h3-7H,2,14H2,1H3. The summed E-state index contributed by atoms with van der Waals surface area (Å²) in [7, 11) is 0. The number of rotatable bonds is 3. The zero-order valence-electron chi connectivity index (χ0n) is 9.76. The quantitative estimate of drug-likeness (QED) is 0.866. The van der Waals surface area contributed by atoms with E-state index >= 15 is 0 Å². The molecule has 0 aliphatic heterocycles. The number of aromatic nitrogens is 2. The average Bonchev–Trinajstić information content (AvgIpc) is 2.71. The number of nitrogens with two attached hydrogens (primary N) is 1. The summed E-state index contributed by atoms with van der Waals surface area (Å²) >= 11 is 5.89. The summed E-state index contributed by atoms with van der Waals surface area (Å²) in [5, 5.41) is 4.65. The van der Waals surface area contributed by atoms with Crippen molar-refractivity contribution in [2.24, 2.45) is 0 Å². The molecule has 6 heteroatoms. The first-order valence-corrected chi connectivity index (χ1v) is 5.79. The van der Waals surface area contributed by atoms with E-state index in [0.717, 1.165) is 0 Å². The topological polar surface area (TPSA) is 70.1 Å². The number of hydrogen-bond donors (Lipinski definition) is 1. The van der Waals surface area contributed by atoms with Gasteiger partial charge < -0.3 is 10.5 Å². The van der Waals surface area contributed by atoms with Gasteiger partial charge >= 0.3 is 5.97 Å². The molecular formula is C12H12ClN3O2. The van der Waals surface area contributed by atoms with E-state index in [1.54, 1.807) is 31.2 Å². The fraction of sp³-hybridized carbons (Fsp3) is 0.167. The third kappa shape index (κ3) is 2.46. The van der Waals surface area contributed by atoms with Crippen LogP contribution in [0.25, 0.3) is 5.69 Å². The van der Waals surface area contributed by atoms with E-state index in [2.05, 4.69) is 5.10 Å². The Morgan fingerprint density at radius 3 is 3.00 bits per heavy atom. The minimum Gasteiger partial charge on any atom is -0.421 e. The summed E-state index contributed by atoms with van der Waals surface area (Å²) in [6, 6.07) is 7.07. The van der Waals surface area contributed by atoms with Crippen LogP contribution in [0.3, 0.4) is 0 Å². The van der Waals surface area contributed by atoms with Crippen molar-refractivity contribution in [2.75, 3.05) is 5.73 Å². The Bertz CT molecular complexity index is 580. The molecule has 1 heterocycles. The van der Waals surface area contributed by atoms with Gasteiger partial charge in [-0.1, -0.05) is 24.6 Å². The zero-order chi connectivity index (χ0) is 13.1. The van der Waals surface area contributed by atoms with Crippen LogP contribution in [0.4, 0.5) is 5.82 Å². The summed E-state index contributed by atoms with van der Waals surface area (Å²) in [6.07, 6.45) is 1.69. The summed E-state index contributed by atoms with van der Waals surface area (Å²) in [5.41, 5.74) is 6.58. The molecule has 2 aromatic rings. The third-order valence-electron chi connectivity index (χ3n) is 2.34. The maximum absolute atomic E-state index is 11.2. The van der Waals surface area contributed by atoms with Crippen molar-refractivity contribution >= 4 is 23.4 Å². The molecule has 0 radical (unpaired) electrons. The molecular weight excluding hydrogens is 254 g/mol. The third-order valence-corrected chi connectivity index (χ3v) is 2.57. The minimum absolute atomic E-state index is 0.252. The molecule has 94 valence electrons. The van der Waals surface area contributed by atoms with E-state index in [9.17, 15) is 4.79 Å². The highest BCUT2D eigenvalue weighted by atomic mass is 35.5. The van der Waals surface area contributed by atoms with Gasteiger partial charge in [-0.25, -0.2) is 4.68 Å². The van der Waals surface area contributed by atoms with E-state index in [1.165, 1.54) is 10.9 Å². The van der Waals surface area contributed by atoms with Crippen LogP contribution in [0.5, 0.6) is 5.75 Å². The van der Waals surface area contributed by atoms with Gasteiger partial charge in [0.15, 0.2) is 11.6 Å². The molecule has 2 rings (SSSR count). The van der Waals surface area contributed by atoms with E-state index in [-0.39, 0.29) is 24.0 Å². The Balaban J connectivity index is 2.33. The van der Waals surface area contributed by atoms with Gasteiger partial charge in [0, 0.05) is 11.4 Å². The maximum Gasteiger partial charge on any atom is 0.311 e. The number of ether oxygens (including phenoxy) is 1. The number of anilines is 1. The van der Waals surface area contributed by atoms with E-state index in [1.807, 2.05) is 0 Å². The van der Waals surface area contributed by atoms with Crippen molar-refractivity contribution in [1.82, 2.24) is 9.78 Å². The molecule has 0 atom stereocenters.